The van der Waals surface area contributed by atoms with Crippen LogP contribution in [0.4, 0.5) is 0 Å². The van der Waals surface area contributed by atoms with Crippen molar-refractivity contribution in [2.24, 2.45) is 0 Å². The third kappa shape index (κ3) is 7.27. The van der Waals surface area contributed by atoms with Crippen molar-refractivity contribution in [1.82, 2.24) is 29.4 Å². The summed E-state index contributed by atoms with van der Waals surface area (Å²) < 4.78 is 14.3. The average Bonchev–Trinajstić information content (AvgIpc) is 2.75. The van der Waals surface area contributed by atoms with E-state index >= 15 is 0 Å². The van der Waals surface area contributed by atoms with Crippen molar-refractivity contribution in [2.75, 3.05) is 117 Å². The molecule has 0 aliphatic carbocycles. The van der Waals surface area contributed by atoms with Gasteiger partial charge >= 0.3 is 0 Å². The van der Waals surface area contributed by atoms with Crippen LogP contribution in [0, 0.1) is 0 Å². The first-order valence-corrected chi connectivity index (χ1v) is 14.2. The van der Waals surface area contributed by atoms with Crippen LogP contribution in [0.15, 0.2) is 0 Å². The Labute approximate surface area is 179 Å². The summed E-state index contributed by atoms with van der Waals surface area (Å²) in [5.74, 6) is 0. The van der Waals surface area contributed by atoms with Crippen molar-refractivity contribution in [3.05, 3.63) is 0 Å². The lowest BCUT2D eigenvalue weighted by atomic mass is 10.3. The van der Waals surface area contributed by atoms with Crippen molar-refractivity contribution >= 4 is 7.14 Å². The molecule has 0 radical (unpaired) electrons. The quantitative estimate of drug-likeness (QED) is 0.510. The largest absolute Gasteiger partial charge is 0.320 e. The molecule has 3 fully saturated rings. The van der Waals surface area contributed by atoms with Crippen LogP contribution < -0.4 is 0 Å². The zero-order valence-corrected chi connectivity index (χ0v) is 20.2. The summed E-state index contributed by atoms with van der Waals surface area (Å²) in [6.45, 7) is 23.3. The Hall–Kier alpha value is -0.0100. The molecule has 7 nitrogen and oxygen atoms in total. The zero-order valence-electron chi connectivity index (χ0n) is 19.3. The number of rotatable bonds is 9. The van der Waals surface area contributed by atoms with Crippen molar-refractivity contribution < 1.29 is 4.57 Å². The number of likely N-dealkylation sites (N-methyl/N-ethyl adjacent to an activating group) is 3. The maximum absolute atomic E-state index is 14.3. The fraction of sp³-hybridized carbons (Fsp3) is 1.00. The van der Waals surface area contributed by atoms with Gasteiger partial charge in [0.05, 0.1) is 18.9 Å². The Kier molecular flexibility index (Phi) is 9.43. The van der Waals surface area contributed by atoms with Gasteiger partial charge in [-0.25, -0.2) is 0 Å². The molecule has 0 saturated carbocycles. The molecule has 8 heteroatoms. The van der Waals surface area contributed by atoms with Gasteiger partial charge < -0.3 is 19.3 Å². The minimum atomic E-state index is -2.29. The van der Waals surface area contributed by atoms with E-state index in [9.17, 15) is 4.57 Å². The van der Waals surface area contributed by atoms with E-state index < -0.39 is 7.14 Å². The van der Waals surface area contributed by atoms with E-state index in [0.717, 1.165) is 117 Å². The fourth-order valence-corrected chi connectivity index (χ4v) is 8.27. The lowest BCUT2D eigenvalue weighted by molar-refractivity contribution is 0.138. The average molecular weight is 429 g/mol. The molecule has 0 aromatic rings. The van der Waals surface area contributed by atoms with Gasteiger partial charge in [-0.2, -0.15) is 0 Å². The lowest BCUT2D eigenvalue weighted by Gasteiger charge is -2.41. The highest BCUT2D eigenvalue weighted by atomic mass is 31.2. The standard InChI is InChI=1S/C21H45N6OP/c1-4-22-7-13-25(14-8-22)19-29(28,20-26-15-9-23(5-2)10-16-26)21-27-17-11-24(6-3)12-18-27/h4-21H2,1-3H3. The molecule has 29 heavy (non-hydrogen) atoms. The first kappa shape index (κ1) is 23.6. The summed E-state index contributed by atoms with van der Waals surface area (Å²) in [5.41, 5.74) is 0. The molecule has 3 aliphatic heterocycles. The molecule has 170 valence electrons. The summed E-state index contributed by atoms with van der Waals surface area (Å²) in [4.78, 5) is 15.0. The van der Waals surface area contributed by atoms with Crippen LogP contribution in [0.5, 0.6) is 0 Å². The minimum Gasteiger partial charge on any atom is -0.320 e. The molecule has 0 aromatic carbocycles. The van der Waals surface area contributed by atoms with Crippen LogP contribution in [0.2, 0.25) is 0 Å². The smallest absolute Gasteiger partial charge is 0.127 e. The molecule has 3 heterocycles. The van der Waals surface area contributed by atoms with E-state index in [4.69, 9.17) is 0 Å². The van der Waals surface area contributed by atoms with Gasteiger partial charge in [0.25, 0.3) is 0 Å². The van der Waals surface area contributed by atoms with Crippen LogP contribution in [0.1, 0.15) is 20.8 Å². The summed E-state index contributed by atoms with van der Waals surface area (Å²) in [6.07, 6.45) is 2.44. The highest BCUT2D eigenvalue weighted by molar-refractivity contribution is 7.63. The molecule has 0 amide bonds. The van der Waals surface area contributed by atoms with Crippen molar-refractivity contribution in [3.8, 4) is 0 Å². The van der Waals surface area contributed by atoms with Crippen LogP contribution in [0.25, 0.3) is 0 Å². The van der Waals surface area contributed by atoms with Crippen molar-refractivity contribution in [2.45, 2.75) is 20.8 Å². The Morgan fingerprint density at radius 1 is 0.448 bits per heavy atom. The SMILES string of the molecule is CCN1CCN(CP(=O)(CN2CCN(CC)CC2)CN2CCN(CC)CC2)CC1. The molecule has 3 rings (SSSR count). The third-order valence-electron chi connectivity index (χ3n) is 7.11. The van der Waals surface area contributed by atoms with Gasteiger partial charge in [0, 0.05) is 78.5 Å². The molecule has 3 aliphatic rings. The molecule has 0 unspecified atom stereocenters. The minimum absolute atomic E-state index is 0.812. The number of hydrogen-bond donors (Lipinski definition) is 0. The van der Waals surface area contributed by atoms with Crippen LogP contribution in [0.3, 0.4) is 0 Å². The maximum Gasteiger partial charge on any atom is 0.127 e. The zero-order chi connectivity index (χ0) is 20.7. The Balaban J connectivity index is 1.58. The Morgan fingerprint density at radius 2 is 0.655 bits per heavy atom. The van der Waals surface area contributed by atoms with Crippen LogP contribution >= 0.6 is 7.14 Å². The van der Waals surface area contributed by atoms with E-state index in [0.29, 0.717) is 0 Å². The van der Waals surface area contributed by atoms with E-state index in [1.54, 1.807) is 0 Å². The maximum atomic E-state index is 14.3. The molecule has 0 bridgehead atoms. The topological polar surface area (TPSA) is 36.5 Å². The van der Waals surface area contributed by atoms with E-state index in [-0.39, 0.29) is 0 Å². The second-order valence-electron chi connectivity index (χ2n) is 9.14. The van der Waals surface area contributed by atoms with Gasteiger partial charge in [-0.05, 0) is 19.6 Å². The highest BCUT2D eigenvalue weighted by Gasteiger charge is 2.33. The number of nitrogens with zero attached hydrogens (tertiary/aromatic N) is 6. The monoisotopic (exact) mass is 428 g/mol. The summed E-state index contributed by atoms with van der Waals surface area (Å²) >= 11 is 0. The number of piperazine rings is 3. The van der Waals surface area contributed by atoms with Gasteiger partial charge in [0.2, 0.25) is 0 Å². The molecule has 3 saturated heterocycles. The molecule has 0 N–H and O–H groups in total. The van der Waals surface area contributed by atoms with Crippen molar-refractivity contribution in [1.29, 1.82) is 0 Å². The molecule has 0 aromatic heterocycles. The third-order valence-corrected chi connectivity index (χ3v) is 9.86. The van der Waals surface area contributed by atoms with E-state index in [1.165, 1.54) is 0 Å². The highest BCUT2D eigenvalue weighted by Crippen LogP contribution is 2.47. The van der Waals surface area contributed by atoms with E-state index in [1.807, 2.05) is 0 Å². The van der Waals surface area contributed by atoms with E-state index in [2.05, 4.69) is 50.2 Å². The van der Waals surface area contributed by atoms with Gasteiger partial charge in [0.1, 0.15) is 7.14 Å². The Bertz CT molecular complexity index is 440. The molecular weight excluding hydrogens is 383 g/mol. The predicted molar refractivity (Wildman–Crippen MR) is 123 cm³/mol. The predicted octanol–water partition coefficient (Wildman–Crippen LogP) is 1.13. The van der Waals surface area contributed by atoms with Gasteiger partial charge in [0.15, 0.2) is 0 Å². The second kappa shape index (κ2) is 11.6. The summed E-state index contributed by atoms with van der Waals surface area (Å²) in [7, 11) is -2.29. The van der Waals surface area contributed by atoms with Gasteiger partial charge in [-0.1, -0.05) is 20.8 Å². The van der Waals surface area contributed by atoms with Crippen molar-refractivity contribution in [3.63, 3.8) is 0 Å². The van der Waals surface area contributed by atoms with Gasteiger partial charge in [-0.3, -0.25) is 14.7 Å². The summed E-state index contributed by atoms with van der Waals surface area (Å²) in [5, 5.41) is 0. The molecular formula is C21H45N6OP. The fourth-order valence-electron chi connectivity index (χ4n) is 4.97. The lowest BCUT2D eigenvalue weighted by Crippen LogP contribution is -2.50. The summed E-state index contributed by atoms with van der Waals surface area (Å²) in [6, 6.07) is 0. The van der Waals surface area contributed by atoms with Gasteiger partial charge in [-0.15, -0.1) is 0 Å². The molecule has 0 spiro atoms. The normalized spacial score (nSPS) is 25.6. The first-order valence-electron chi connectivity index (χ1n) is 11.9. The Morgan fingerprint density at radius 3 is 0.862 bits per heavy atom. The van der Waals surface area contributed by atoms with Crippen LogP contribution in [-0.4, -0.2) is 146 Å². The first-order chi connectivity index (χ1) is 14.0. The van der Waals surface area contributed by atoms with Crippen LogP contribution in [-0.2, 0) is 4.57 Å². The second-order valence-corrected chi connectivity index (χ2v) is 12.1. The number of hydrogen-bond acceptors (Lipinski definition) is 7. The molecule has 0 atom stereocenters.